The maximum Gasteiger partial charge on any atom is 0.161 e. The van der Waals surface area contributed by atoms with Crippen LogP contribution in [0.4, 0.5) is 0 Å². The molecular weight excluding hydrogens is 887 g/mol. The number of fused-ring (bicyclic) bond motifs is 13. The summed E-state index contributed by atoms with van der Waals surface area (Å²) in [4.78, 5) is 11.0. The van der Waals surface area contributed by atoms with E-state index in [1.165, 1.54) is 59.5 Å². The highest BCUT2D eigenvalue weighted by Crippen LogP contribution is 2.44. The van der Waals surface area contributed by atoms with Crippen LogP contribution in [-0.2, 0) is 0 Å². The molecule has 0 saturated heterocycles. The lowest BCUT2D eigenvalue weighted by molar-refractivity contribution is 1.18. The highest BCUT2D eigenvalue weighted by atomic mass is 15.0. The van der Waals surface area contributed by atoms with E-state index < -0.39 is 0 Å². The van der Waals surface area contributed by atoms with Crippen LogP contribution in [-0.4, -0.2) is 23.7 Å². The van der Waals surface area contributed by atoms with Gasteiger partial charge < -0.3 is 13.7 Å². The number of rotatable bonds is 5. The van der Waals surface area contributed by atoms with Gasteiger partial charge in [-0.05, 0) is 100 Å². The minimum absolute atomic E-state index is 0.699. The van der Waals surface area contributed by atoms with Crippen molar-refractivity contribution in [2.45, 2.75) is 0 Å². The molecule has 0 aliphatic rings. The van der Waals surface area contributed by atoms with Crippen LogP contribution in [0, 0.1) is 0 Å². The van der Waals surface area contributed by atoms with Gasteiger partial charge in [0.2, 0.25) is 0 Å². The molecule has 338 valence electrons. The number of aromatic nitrogens is 5. The molecule has 73 heavy (non-hydrogen) atoms. The smallest absolute Gasteiger partial charge is 0.161 e. The average Bonchev–Trinajstić information content (AvgIpc) is 4.09. The van der Waals surface area contributed by atoms with E-state index >= 15 is 0 Å². The number of hydrogen-bond acceptors (Lipinski definition) is 2. The molecule has 0 N–H and O–H groups in total. The van der Waals surface area contributed by atoms with E-state index in [2.05, 4.69) is 262 Å². The van der Waals surface area contributed by atoms with Gasteiger partial charge in [0, 0.05) is 65.3 Å². The molecule has 0 amide bonds. The van der Waals surface area contributed by atoms with Crippen LogP contribution < -0.4 is 0 Å². The standard InChI is InChI=1S/C68H41N5/c1-2-21-45(22-3-1)71-60-33-15-11-28-52(60)66-53(29-17-35-63(66)71)68-69-57-30-12-8-27-51(57)67(70-68)50-36-37-62(47-24-7-6-23-46(47)50)73-59-32-14-10-26-49(59)56-39-44-20-16-34-61(54(44)41-65(56)73)72-58-31-13-9-25-48(58)55-38-42-18-4-5-19-43(42)40-64(55)72/h1-41H. The van der Waals surface area contributed by atoms with Gasteiger partial charge >= 0.3 is 0 Å². The Morgan fingerprint density at radius 3 is 1.55 bits per heavy atom. The van der Waals surface area contributed by atoms with Crippen LogP contribution in [0.1, 0.15) is 0 Å². The zero-order chi connectivity index (χ0) is 47.7. The maximum absolute atomic E-state index is 5.62. The normalized spacial score (nSPS) is 12.1. The van der Waals surface area contributed by atoms with Crippen molar-refractivity contribution in [3.63, 3.8) is 0 Å². The molecule has 0 atom stereocenters. The van der Waals surface area contributed by atoms with Crippen molar-refractivity contribution in [1.29, 1.82) is 0 Å². The van der Waals surface area contributed by atoms with Crippen LogP contribution >= 0.6 is 0 Å². The molecule has 5 heteroatoms. The van der Waals surface area contributed by atoms with Crippen molar-refractivity contribution in [2.75, 3.05) is 0 Å². The largest absolute Gasteiger partial charge is 0.309 e. The van der Waals surface area contributed by atoms with Gasteiger partial charge in [0.15, 0.2) is 5.82 Å². The first-order valence-electron chi connectivity index (χ1n) is 25.0. The van der Waals surface area contributed by atoms with E-state index in [4.69, 9.17) is 9.97 Å². The van der Waals surface area contributed by atoms with Gasteiger partial charge in [0.1, 0.15) is 0 Å². The van der Waals surface area contributed by atoms with Crippen LogP contribution in [0.2, 0.25) is 0 Å². The van der Waals surface area contributed by atoms with Crippen LogP contribution in [0.3, 0.4) is 0 Å². The van der Waals surface area contributed by atoms with E-state index in [1.54, 1.807) is 0 Å². The Morgan fingerprint density at radius 1 is 0.260 bits per heavy atom. The molecule has 16 rings (SSSR count). The quantitative estimate of drug-likeness (QED) is 0.173. The highest BCUT2D eigenvalue weighted by molar-refractivity contribution is 6.19. The first-order chi connectivity index (χ1) is 36.2. The summed E-state index contributed by atoms with van der Waals surface area (Å²) < 4.78 is 7.32. The fraction of sp³-hybridized carbons (Fsp3) is 0. The Labute approximate surface area is 418 Å². The van der Waals surface area contributed by atoms with Crippen molar-refractivity contribution in [3.8, 4) is 39.7 Å². The second-order valence-corrected chi connectivity index (χ2v) is 19.3. The molecular formula is C68H41N5. The van der Waals surface area contributed by atoms with Crippen molar-refractivity contribution >= 4 is 109 Å². The molecule has 0 aliphatic carbocycles. The first-order valence-corrected chi connectivity index (χ1v) is 25.0. The fourth-order valence-corrected chi connectivity index (χ4v) is 12.2. The second-order valence-electron chi connectivity index (χ2n) is 19.3. The number of para-hydroxylation sites is 5. The molecule has 4 aromatic heterocycles. The Morgan fingerprint density at radius 2 is 0.795 bits per heavy atom. The molecule has 0 radical (unpaired) electrons. The average molecular weight is 928 g/mol. The molecule has 5 nitrogen and oxygen atoms in total. The van der Waals surface area contributed by atoms with Gasteiger partial charge in [-0.25, -0.2) is 9.97 Å². The summed E-state index contributed by atoms with van der Waals surface area (Å²) in [6.07, 6.45) is 0. The Hall–Kier alpha value is -9.84. The molecule has 0 fully saturated rings. The van der Waals surface area contributed by atoms with E-state index in [-0.39, 0.29) is 0 Å². The monoisotopic (exact) mass is 927 g/mol. The summed E-state index contributed by atoms with van der Waals surface area (Å²) >= 11 is 0. The van der Waals surface area contributed by atoms with Gasteiger partial charge in [-0.3, -0.25) is 0 Å². The van der Waals surface area contributed by atoms with E-state index in [0.29, 0.717) is 5.82 Å². The lowest BCUT2D eigenvalue weighted by Gasteiger charge is -2.17. The molecule has 0 bridgehead atoms. The van der Waals surface area contributed by atoms with Crippen molar-refractivity contribution < 1.29 is 0 Å². The number of nitrogens with zero attached hydrogens (tertiary/aromatic N) is 5. The Bertz CT molecular complexity index is 4980. The van der Waals surface area contributed by atoms with Crippen LogP contribution in [0.5, 0.6) is 0 Å². The van der Waals surface area contributed by atoms with Crippen molar-refractivity contribution in [2.24, 2.45) is 0 Å². The summed E-state index contributed by atoms with van der Waals surface area (Å²) in [6.45, 7) is 0. The first kappa shape index (κ1) is 39.9. The minimum atomic E-state index is 0.699. The molecule has 0 saturated carbocycles. The summed E-state index contributed by atoms with van der Waals surface area (Å²) in [5.74, 6) is 0.699. The third kappa shape index (κ3) is 5.79. The minimum Gasteiger partial charge on any atom is -0.309 e. The van der Waals surface area contributed by atoms with E-state index in [9.17, 15) is 0 Å². The lowest BCUT2D eigenvalue weighted by Crippen LogP contribution is -1.99. The van der Waals surface area contributed by atoms with E-state index in [1.807, 2.05) is 0 Å². The third-order valence-electron chi connectivity index (χ3n) is 15.4. The number of benzene rings is 12. The summed E-state index contributed by atoms with van der Waals surface area (Å²) in [5, 5.41) is 15.4. The van der Waals surface area contributed by atoms with Crippen LogP contribution in [0.25, 0.3) is 148 Å². The SMILES string of the molecule is c1ccc(-n2c3ccccc3c3c(-c4nc(-c5ccc(-n6c7ccccc7c7cc8cccc(-n9c%10ccccc%10c%10cc%11ccccc%11cc%109)c8cc76)c6ccccc56)c5ccccc5n4)cccc32)cc1. The third-order valence-corrected chi connectivity index (χ3v) is 15.4. The van der Waals surface area contributed by atoms with Crippen molar-refractivity contribution in [1.82, 2.24) is 23.7 Å². The summed E-state index contributed by atoms with van der Waals surface area (Å²) in [5.41, 5.74) is 14.2. The Balaban J connectivity index is 0.929. The van der Waals surface area contributed by atoms with Crippen molar-refractivity contribution in [3.05, 3.63) is 249 Å². The molecule has 16 aromatic rings. The Kier molecular flexibility index (Phi) is 8.39. The van der Waals surface area contributed by atoms with Gasteiger partial charge in [0.05, 0.1) is 55.7 Å². The topological polar surface area (TPSA) is 40.6 Å². The van der Waals surface area contributed by atoms with Crippen LogP contribution in [0.15, 0.2) is 249 Å². The van der Waals surface area contributed by atoms with E-state index in [0.717, 1.165) is 83.0 Å². The highest BCUT2D eigenvalue weighted by Gasteiger charge is 2.23. The molecule has 0 unspecified atom stereocenters. The summed E-state index contributed by atoms with van der Waals surface area (Å²) in [6, 6.07) is 90.4. The van der Waals surface area contributed by atoms with Gasteiger partial charge in [-0.2, -0.15) is 0 Å². The molecule has 0 aliphatic heterocycles. The van der Waals surface area contributed by atoms with Gasteiger partial charge in [0.25, 0.3) is 0 Å². The van der Waals surface area contributed by atoms with Gasteiger partial charge in [-0.15, -0.1) is 0 Å². The second kappa shape index (κ2) is 15.3. The summed E-state index contributed by atoms with van der Waals surface area (Å²) in [7, 11) is 0. The zero-order valence-electron chi connectivity index (χ0n) is 39.4. The fourth-order valence-electron chi connectivity index (χ4n) is 12.2. The predicted octanol–water partition coefficient (Wildman–Crippen LogP) is 17.7. The number of hydrogen-bond donors (Lipinski definition) is 0. The predicted molar refractivity (Wildman–Crippen MR) is 306 cm³/mol. The molecule has 4 heterocycles. The zero-order valence-corrected chi connectivity index (χ0v) is 39.4. The lowest BCUT2D eigenvalue weighted by atomic mass is 9.97. The van der Waals surface area contributed by atoms with Gasteiger partial charge in [-0.1, -0.05) is 170 Å². The molecule has 12 aromatic carbocycles. The molecule has 0 spiro atoms. The maximum atomic E-state index is 5.62.